The summed E-state index contributed by atoms with van der Waals surface area (Å²) in [5.74, 6) is 2.57. The number of ether oxygens (including phenoxy) is 1. The van der Waals surface area contributed by atoms with Gasteiger partial charge in [-0.25, -0.2) is 0 Å². The lowest BCUT2D eigenvalue weighted by Gasteiger charge is -2.44. The van der Waals surface area contributed by atoms with Crippen molar-refractivity contribution in [3.05, 3.63) is 124 Å². The van der Waals surface area contributed by atoms with Gasteiger partial charge >= 0.3 is 0 Å². The highest BCUT2D eigenvalue weighted by Crippen LogP contribution is 2.63. The van der Waals surface area contributed by atoms with Gasteiger partial charge in [-0.15, -0.1) is 0 Å². The predicted octanol–water partition coefficient (Wildman–Crippen LogP) is 14.0. The van der Waals surface area contributed by atoms with Crippen molar-refractivity contribution in [3.8, 4) is 11.5 Å². The number of para-hydroxylation sites is 2. The van der Waals surface area contributed by atoms with Crippen molar-refractivity contribution in [2.24, 2.45) is 5.92 Å². The number of rotatable bonds is 4. The van der Waals surface area contributed by atoms with Crippen LogP contribution < -0.4 is 9.64 Å². The third-order valence-corrected chi connectivity index (χ3v) is 14.0. The third kappa shape index (κ3) is 5.09. The Morgan fingerprint density at radius 2 is 1.14 bits per heavy atom. The van der Waals surface area contributed by atoms with Gasteiger partial charge in [-0.05, 0) is 138 Å². The Morgan fingerprint density at radius 3 is 1.69 bits per heavy atom. The first-order valence-electron chi connectivity index (χ1n) is 19.8. The predicted molar refractivity (Wildman–Crippen MR) is 216 cm³/mol. The van der Waals surface area contributed by atoms with Crippen molar-refractivity contribution in [1.29, 1.82) is 0 Å². The van der Waals surface area contributed by atoms with Crippen LogP contribution in [-0.4, -0.2) is 0 Å². The normalized spacial score (nSPS) is 25.4. The molecule has 2 unspecified atom stereocenters. The molecule has 0 aromatic heterocycles. The van der Waals surface area contributed by atoms with Crippen molar-refractivity contribution in [2.45, 2.75) is 141 Å². The molecule has 1 fully saturated rings. The summed E-state index contributed by atoms with van der Waals surface area (Å²) >= 11 is 0. The van der Waals surface area contributed by atoms with Crippen molar-refractivity contribution < 1.29 is 4.74 Å². The zero-order valence-corrected chi connectivity index (χ0v) is 33.0. The minimum Gasteiger partial charge on any atom is -0.454 e. The fourth-order valence-corrected chi connectivity index (χ4v) is 10.7. The molecule has 2 heteroatoms. The van der Waals surface area contributed by atoms with Crippen LogP contribution in [-0.2, 0) is 27.1 Å². The SMILES string of the molecule is C/C=C1\C(CC)CCC12c1ccccc1Oc1c(N(c3ccc4c(c3)C(C)(C)CCC4(C)C)c3ccc4c(c3)C(C)(C)CCC4(C)C)cccc12. The molecule has 4 aromatic rings. The largest absolute Gasteiger partial charge is 0.454 e. The zero-order chi connectivity index (χ0) is 36.1. The highest BCUT2D eigenvalue weighted by atomic mass is 16.5. The Balaban J connectivity index is 1.41. The standard InChI is InChI=1S/C49H59NO/c1-11-32-24-25-49(35(32)12-2)38-16-13-14-19-43(38)51-44-39(49)17-15-18-42(44)50(33-20-22-36-40(30-33)47(7,8)28-26-45(36,3)4)34-21-23-37-41(31-34)48(9,10)29-27-46(37,5)6/h12-23,30-32H,11,24-29H2,1-10H3/b35-12+. The number of benzene rings is 4. The van der Waals surface area contributed by atoms with E-state index >= 15 is 0 Å². The molecule has 3 aliphatic carbocycles. The van der Waals surface area contributed by atoms with E-state index in [0.717, 1.165) is 30.0 Å². The Morgan fingerprint density at radius 1 is 0.608 bits per heavy atom. The van der Waals surface area contributed by atoms with Crippen molar-refractivity contribution >= 4 is 17.1 Å². The third-order valence-electron chi connectivity index (χ3n) is 14.0. The summed E-state index contributed by atoms with van der Waals surface area (Å²) in [5.41, 5.74) is 14.0. The molecule has 51 heavy (non-hydrogen) atoms. The monoisotopic (exact) mass is 677 g/mol. The van der Waals surface area contributed by atoms with Gasteiger partial charge in [0.1, 0.15) is 5.75 Å². The summed E-state index contributed by atoms with van der Waals surface area (Å²) in [5, 5.41) is 0. The summed E-state index contributed by atoms with van der Waals surface area (Å²) in [4.78, 5) is 2.54. The molecule has 4 aromatic carbocycles. The number of fused-ring (bicyclic) bond motifs is 6. The van der Waals surface area contributed by atoms with E-state index in [2.05, 4.69) is 159 Å². The van der Waals surface area contributed by atoms with E-state index in [9.17, 15) is 0 Å². The van der Waals surface area contributed by atoms with Crippen LogP contribution in [0.4, 0.5) is 17.1 Å². The van der Waals surface area contributed by atoms with Gasteiger partial charge < -0.3 is 9.64 Å². The molecule has 1 saturated carbocycles. The van der Waals surface area contributed by atoms with Crippen LogP contribution in [0.3, 0.4) is 0 Å². The molecule has 2 nitrogen and oxygen atoms in total. The lowest BCUT2D eigenvalue weighted by molar-refractivity contribution is 0.332. The van der Waals surface area contributed by atoms with E-state index in [1.165, 1.54) is 76.9 Å². The van der Waals surface area contributed by atoms with Gasteiger partial charge in [-0.3, -0.25) is 0 Å². The number of hydrogen-bond donors (Lipinski definition) is 0. The second-order valence-corrected chi connectivity index (χ2v) is 18.9. The molecule has 2 atom stereocenters. The van der Waals surface area contributed by atoms with Gasteiger partial charge in [0.15, 0.2) is 5.75 Å². The van der Waals surface area contributed by atoms with E-state index in [1.807, 2.05) is 0 Å². The van der Waals surface area contributed by atoms with Crippen LogP contribution in [0.1, 0.15) is 148 Å². The zero-order valence-electron chi connectivity index (χ0n) is 33.0. The van der Waals surface area contributed by atoms with E-state index < -0.39 is 0 Å². The van der Waals surface area contributed by atoms with Crippen LogP contribution in [0.2, 0.25) is 0 Å². The van der Waals surface area contributed by atoms with Gasteiger partial charge in [0.05, 0.1) is 5.69 Å². The molecule has 0 N–H and O–H groups in total. The van der Waals surface area contributed by atoms with Gasteiger partial charge in [0, 0.05) is 27.9 Å². The van der Waals surface area contributed by atoms with Crippen molar-refractivity contribution in [2.75, 3.05) is 4.90 Å². The van der Waals surface area contributed by atoms with E-state index in [4.69, 9.17) is 4.74 Å². The summed E-state index contributed by atoms with van der Waals surface area (Å²) in [6.07, 6.45) is 10.7. The summed E-state index contributed by atoms with van der Waals surface area (Å²) in [6, 6.07) is 30.5. The van der Waals surface area contributed by atoms with E-state index in [1.54, 1.807) is 5.57 Å². The van der Waals surface area contributed by atoms with Crippen LogP contribution in [0.25, 0.3) is 0 Å². The maximum Gasteiger partial charge on any atom is 0.155 e. The molecule has 1 heterocycles. The number of nitrogens with zero attached hydrogens (tertiary/aromatic N) is 1. The van der Waals surface area contributed by atoms with E-state index in [-0.39, 0.29) is 27.1 Å². The molecule has 266 valence electrons. The molecular formula is C49H59NO. The van der Waals surface area contributed by atoms with Crippen LogP contribution in [0.15, 0.2) is 90.5 Å². The maximum atomic E-state index is 7.19. The summed E-state index contributed by atoms with van der Waals surface area (Å²) < 4.78 is 7.19. The Kier molecular flexibility index (Phi) is 7.81. The first kappa shape index (κ1) is 34.3. The van der Waals surface area contributed by atoms with Gasteiger partial charge in [-0.1, -0.05) is 116 Å². The average molecular weight is 678 g/mol. The fourth-order valence-electron chi connectivity index (χ4n) is 10.7. The van der Waals surface area contributed by atoms with Crippen LogP contribution in [0.5, 0.6) is 11.5 Å². The molecular weight excluding hydrogens is 619 g/mol. The Bertz CT molecular complexity index is 1980. The van der Waals surface area contributed by atoms with Gasteiger partial charge in [-0.2, -0.15) is 0 Å². The van der Waals surface area contributed by atoms with E-state index in [0.29, 0.717) is 5.92 Å². The maximum absolute atomic E-state index is 7.19. The number of allylic oxidation sites excluding steroid dienone is 2. The lowest BCUT2D eigenvalue weighted by atomic mass is 9.63. The van der Waals surface area contributed by atoms with Crippen molar-refractivity contribution in [3.63, 3.8) is 0 Å². The smallest absolute Gasteiger partial charge is 0.155 e. The Hall–Kier alpha value is -3.78. The fraction of sp³-hybridized carbons (Fsp3) is 0.469. The van der Waals surface area contributed by atoms with Crippen LogP contribution >= 0.6 is 0 Å². The molecule has 8 rings (SSSR count). The highest BCUT2D eigenvalue weighted by molar-refractivity contribution is 5.84. The van der Waals surface area contributed by atoms with Crippen LogP contribution in [0, 0.1) is 5.92 Å². The summed E-state index contributed by atoms with van der Waals surface area (Å²) in [7, 11) is 0. The lowest BCUT2D eigenvalue weighted by Crippen LogP contribution is -2.34. The first-order valence-corrected chi connectivity index (χ1v) is 19.8. The minimum absolute atomic E-state index is 0.101. The highest BCUT2D eigenvalue weighted by Gasteiger charge is 2.51. The Labute approximate surface area is 308 Å². The molecule has 0 saturated heterocycles. The van der Waals surface area contributed by atoms with Gasteiger partial charge in [0.2, 0.25) is 0 Å². The molecule has 0 amide bonds. The van der Waals surface area contributed by atoms with Gasteiger partial charge in [0.25, 0.3) is 0 Å². The molecule has 1 aliphatic heterocycles. The minimum atomic E-state index is -0.189. The summed E-state index contributed by atoms with van der Waals surface area (Å²) in [6.45, 7) is 24.1. The molecule has 4 aliphatic rings. The second-order valence-electron chi connectivity index (χ2n) is 18.9. The number of anilines is 3. The second kappa shape index (κ2) is 11.6. The first-order chi connectivity index (χ1) is 24.1. The molecule has 0 bridgehead atoms. The number of hydrogen-bond acceptors (Lipinski definition) is 2. The topological polar surface area (TPSA) is 12.5 Å². The van der Waals surface area contributed by atoms with Crippen molar-refractivity contribution in [1.82, 2.24) is 0 Å². The molecule has 0 radical (unpaired) electrons. The average Bonchev–Trinajstić information content (AvgIpc) is 3.48. The molecule has 1 spiro atoms. The quantitative estimate of drug-likeness (QED) is 0.199.